The van der Waals surface area contributed by atoms with Crippen LogP contribution in [-0.4, -0.2) is 32.2 Å². The van der Waals surface area contributed by atoms with Gasteiger partial charge in [-0.1, -0.05) is 6.08 Å². The van der Waals surface area contributed by atoms with Crippen LogP contribution in [0.3, 0.4) is 0 Å². The van der Waals surface area contributed by atoms with Crippen LogP contribution in [0, 0.1) is 0 Å². The molecule has 0 aromatic heterocycles. The van der Waals surface area contributed by atoms with E-state index in [2.05, 4.69) is 46.8 Å². The van der Waals surface area contributed by atoms with Gasteiger partial charge < -0.3 is 18.8 Å². The SMILES string of the molecule is C/C=C1\CCc2cc(OCOC)cc(B3OC(C)(C)C(C)(C)O3)c21. The number of hydrogen-bond acceptors (Lipinski definition) is 4. The molecule has 0 amide bonds. The van der Waals surface area contributed by atoms with Crippen molar-refractivity contribution in [2.45, 2.75) is 58.7 Å². The van der Waals surface area contributed by atoms with Gasteiger partial charge in [0.2, 0.25) is 0 Å². The van der Waals surface area contributed by atoms with E-state index in [-0.39, 0.29) is 25.1 Å². The molecule has 1 aromatic rings. The first-order chi connectivity index (χ1) is 11.3. The van der Waals surface area contributed by atoms with E-state index < -0.39 is 0 Å². The van der Waals surface area contributed by atoms with Gasteiger partial charge in [0.05, 0.1) is 11.2 Å². The van der Waals surface area contributed by atoms with Gasteiger partial charge >= 0.3 is 7.12 Å². The predicted molar refractivity (Wildman–Crippen MR) is 96.6 cm³/mol. The van der Waals surface area contributed by atoms with Gasteiger partial charge in [0, 0.05) is 7.11 Å². The van der Waals surface area contributed by atoms with Gasteiger partial charge in [0.25, 0.3) is 0 Å². The maximum Gasteiger partial charge on any atom is 0.495 e. The molecule has 4 nitrogen and oxygen atoms in total. The van der Waals surface area contributed by atoms with Crippen molar-refractivity contribution in [3.8, 4) is 5.75 Å². The highest BCUT2D eigenvalue weighted by atomic mass is 16.7. The first-order valence-corrected chi connectivity index (χ1v) is 8.59. The molecule has 24 heavy (non-hydrogen) atoms. The molecule has 1 aliphatic heterocycles. The van der Waals surface area contributed by atoms with Crippen molar-refractivity contribution in [3.63, 3.8) is 0 Å². The minimum atomic E-state index is -0.386. The second kappa shape index (κ2) is 6.21. The molecule has 0 unspecified atom stereocenters. The second-order valence-electron chi connectivity index (χ2n) is 7.50. The van der Waals surface area contributed by atoms with E-state index in [4.69, 9.17) is 18.8 Å². The molecule has 0 saturated carbocycles. The lowest BCUT2D eigenvalue weighted by Crippen LogP contribution is -2.41. The zero-order valence-corrected chi connectivity index (χ0v) is 15.6. The van der Waals surface area contributed by atoms with E-state index in [1.807, 2.05) is 6.07 Å². The molecule has 5 heteroatoms. The molecule has 0 radical (unpaired) electrons. The van der Waals surface area contributed by atoms with Gasteiger partial charge in [-0.3, -0.25) is 0 Å². The molecule has 1 heterocycles. The van der Waals surface area contributed by atoms with Crippen molar-refractivity contribution in [3.05, 3.63) is 29.3 Å². The molecule has 0 N–H and O–H groups in total. The molecule has 1 aliphatic carbocycles. The predicted octanol–water partition coefficient (Wildman–Crippen LogP) is 3.32. The number of hydrogen-bond donors (Lipinski definition) is 0. The summed E-state index contributed by atoms with van der Waals surface area (Å²) in [5.74, 6) is 0.803. The molecular weight excluding hydrogens is 303 g/mol. The molecule has 1 saturated heterocycles. The molecule has 2 aliphatic rings. The van der Waals surface area contributed by atoms with Crippen LogP contribution in [-0.2, 0) is 20.5 Å². The van der Waals surface area contributed by atoms with E-state index in [1.54, 1.807) is 7.11 Å². The lowest BCUT2D eigenvalue weighted by atomic mass is 9.74. The third-order valence-electron chi connectivity index (χ3n) is 5.41. The summed E-state index contributed by atoms with van der Waals surface area (Å²) in [5.41, 5.74) is 4.25. The topological polar surface area (TPSA) is 36.9 Å². The molecule has 1 aromatic carbocycles. The van der Waals surface area contributed by atoms with Crippen LogP contribution in [0.4, 0.5) is 0 Å². The lowest BCUT2D eigenvalue weighted by molar-refractivity contribution is 0.00578. The summed E-state index contributed by atoms with van der Waals surface area (Å²) < 4.78 is 23.3. The van der Waals surface area contributed by atoms with Crippen LogP contribution in [0.1, 0.15) is 52.2 Å². The van der Waals surface area contributed by atoms with Crippen LogP contribution in [0.25, 0.3) is 5.57 Å². The van der Waals surface area contributed by atoms with Gasteiger partial charge in [-0.2, -0.15) is 0 Å². The number of benzene rings is 1. The Morgan fingerprint density at radius 2 is 1.79 bits per heavy atom. The Morgan fingerprint density at radius 1 is 1.12 bits per heavy atom. The Balaban J connectivity index is 2.05. The average Bonchev–Trinajstić information content (AvgIpc) is 3.02. The van der Waals surface area contributed by atoms with Crippen LogP contribution in [0.5, 0.6) is 5.75 Å². The third kappa shape index (κ3) is 2.89. The molecule has 3 rings (SSSR count). The summed E-state index contributed by atoms with van der Waals surface area (Å²) in [6.45, 7) is 10.6. The fourth-order valence-corrected chi connectivity index (χ4v) is 3.33. The highest BCUT2D eigenvalue weighted by molar-refractivity contribution is 6.63. The van der Waals surface area contributed by atoms with Gasteiger partial charge in [-0.15, -0.1) is 0 Å². The minimum absolute atomic E-state index is 0.234. The standard InChI is InChI=1S/C19H27BO4/c1-7-13-8-9-14-10-15(22-12-21-6)11-16(17(13)14)20-23-18(2,3)19(4,5)24-20/h7,10-11H,8-9,12H2,1-6H3/b13-7+. The van der Waals surface area contributed by atoms with Crippen molar-refractivity contribution in [2.24, 2.45) is 0 Å². The largest absolute Gasteiger partial charge is 0.495 e. The summed E-state index contributed by atoms with van der Waals surface area (Å²) in [6, 6.07) is 4.15. The maximum atomic E-state index is 6.29. The van der Waals surface area contributed by atoms with Gasteiger partial charge in [-0.25, -0.2) is 0 Å². The molecule has 0 bridgehead atoms. The minimum Gasteiger partial charge on any atom is -0.468 e. The number of rotatable bonds is 4. The maximum absolute atomic E-state index is 6.29. The Labute approximate surface area is 145 Å². The van der Waals surface area contributed by atoms with E-state index in [0.717, 1.165) is 24.1 Å². The van der Waals surface area contributed by atoms with Crippen LogP contribution in [0.15, 0.2) is 18.2 Å². The van der Waals surface area contributed by atoms with Crippen LogP contribution in [0.2, 0.25) is 0 Å². The van der Waals surface area contributed by atoms with E-state index in [9.17, 15) is 0 Å². The van der Waals surface area contributed by atoms with Crippen molar-refractivity contribution in [1.29, 1.82) is 0 Å². The Bertz CT molecular complexity index is 648. The van der Waals surface area contributed by atoms with Gasteiger partial charge in [-0.05, 0) is 81.8 Å². The van der Waals surface area contributed by atoms with Gasteiger partial charge in [0.1, 0.15) is 5.75 Å². The summed E-state index contributed by atoms with van der Waals surface area (Å²) in [5, 5.41) is 0. The molecule has 130 valence electrons. The monoisotopic (exact) mass is 330 g/mol. The summed E-state index contributed by atoms with van der Waals surface area (Å²) in [6.07, 6.45) is 4.26. The van der Waals surface area contributed by atoms with E-state index in [1.165, 1.54) is 16.7 Å². The molecule has 1 fully saturated rings. The number of fused-ring (bicyclic) bond motifs is 1. The number of ether oxygens (including phenoxy) is 2. The van der Waals surface area contributed by atoms with Crippen molar-refractivity contribution in [1.82, 2.24) is 0 Å². The van der Waals surface area contributed by atoms with Crippen LogP contribution >= 0.6 is 0 Å². The van der Waals surface area contributed by atoms with E-state index in [0.29, 0.717) is 0 Å². The second-order valence-corrected chi connectivity index (χ2v) is 7.50. The van der Waals surface area contributed by atoms with Crippen molar-refractivity contribution < 1.29 is 18.8 Å². The summed E-state index contributed by atoms with van der Waals surface area (Å²) in [7, 11) is 1.24. The van der Waals surface area contributed by atoms with Gasteiger partial charge in [0.15, 0.2) is 6.79 Å². The molecule has 0 atom stereocenters. The first kappa shape index (κ1) is 17.5. The average molecular weight is 330 g/mol. The number of methoxy groups -OCH3 is 1. The third-order valence-corrected chi connectivity index (χ3v) is 5.41. The normalized spacial score (nSPS) is 22.9. The van der Waals surface area contributed by atoms with Crippen LogP contribution < -0.4 is 10.2 Å². The quantitative estimate of drug-likeness (QED) is 0.627. The number of allylic oxidation sites excluding steroid dienone is 2. The smallest absolute Gasteiger partial charge is 0.468 e. The highest BCUT2D eigenvalue weighted by Gasteiger charge is 2.52. The van der Waals surface area contributed by atoms with Crippen molar-refractivity contribution in [2.75, 3.05) is 13.9 Å². The number of aryl methyl sites for hydroxylation is 1. The fourth-order valence-electron chi connectivity index (χ4n) is 3.33. The summed E-state index contributed by atoms with van der Waals surface area (Å²) >= 11 is 0. The summed E-state index contributed by atoms with van der Waals surface area (Å²) in [4.78, 5) is 0. The lowest BCUT2D eigenvalue weighted by Gasteiger charge is -2.32. The zero-order valence-electron chi connectivity index (χ0n) is 15.6. The Morgan fingerprint density at radius 3 is 2.38 bits per heavy atom. The van der Waals surface area contributed by atoms with Crippen molar-refractivity contribution >= 4 is 18.2 Å². The highest BCUT2D eigenvalue weighted by Crippen LogP contribution is 2.39. The Hall–Kier alpha value is -1.30. The zero-order chi connectivity index (χ0) is 17.5. The molecular formula is C19H27BO4. The van der Waals surface area contributed by atoms with E-state index >= 15 is 0 Å². The Kier molecular flexibility index (Phi) is 4.54. The first-order valence-electron chi connectivity index (χ1n) is 8.59. The molecule has 0 spiro atoms. The fraction of sp³-hybridized carbons (Fsp3) is 0.579.